The first-order valence-corrected chi connectivity index (χ1v) is 24.1. The van der Waals surface area contributed by atoms with E-state index in [0.717, 1.165) is 173 Å². The van der Waals surface area contributed by atoms with Crippen LogP contribution >= 0.6 is 0 Å². The van der Waals surface area contributed by atoms with Crippen molar-refractivity contribution >= 4 is 35.3 Å². The SMILES string of the molecule is CCCCCCC(O)CCCCCCCCC(=O)[O-].CCCCCCC(O)CCCCCCCCC(=O)[O-].CCCCCCC(O)CCCCCCCCC(=O)[O-].[Al+3]. The smallest absolute Gasteiger partial charge is 0.550 e. The molecule has 0 saturated heterocycles. The summed E-state index contributed by atoms with van der Waals surface area (Å²) in [6.07, 6.45) is 39.2. The molecule has 9 nitrogen and oxygen atoms in total. The number of aliphatic carboxylic acids is 3. The van der Waals surface area contributed by atoms with Crippen molar-refractivity contribution in [1.29, 1.82) is 0 Å². The van der Waals surface area contributed by atoms with E-state index in [9.17, 15) is 45.0 Å². The third-order valence-corrected chi connectivity index (χ3v) is 10.7. The molecule has 10 heteroatoms. The van der Waals surface area contributed by atoms with Crippen LogP contribution in [0, 0.1) is 0 Å². The number of carbonyl (C=O) groups excluding carboxylic acids is 3. The van der Waals surface area contributed by atoms with Gasteiger partial charge in [0.05, 0.1) is 18.3 Å². The van der Waals surface area contributed by atoms with Crippen LogP contribution in [0.1, 0.15) is 271 Å². The molecule has 3 unspecified atom stereocenters. The fraction of sp³-hybridized carbons (Fsp3) is 0.938. The second-order valence-electron chi connectivity index (χ2n) is 16.6. The van der Waals surface area contributed by atoms with Gasteiger partial charge in [-0.3, -0.25) is 0 Å². The first kappa shape index (κ1) is 63.5. The Bertz CT molecular complexity index is 724. The Morgan fingerprint density at radius 3 is 0.638 bits per heavy atom. The summed E-state index contributed by atoms with van der Waals surface area (Å²) in [6.45, 7) is 6.59. The molecule has 0 aliphatic rings. The quantitative estimate of drug-likeness (QED) is 0.0399. The third-order valence-electron chi connectivity index (χ3n) is 10.7. The molecule has 0 aliphatic heterocycles. The van der Waals surface area contributed by atoms with Crippen LogP contribution in [0.15, 0.2) is 0 Å². The van der Waals surface area contributed by atoms with Gasteiger partial charge >= 0.3 is 17.4 Å². The molecular weight excluding hydrogens is 748 g/mol. The fourth-order valence-electron chi connectivity index (χ4n) is 6.92. The average Bonchev–Trinajstić information content (AvgIpc) is 3.17. The summed E-state index contributed by atoms with van der Waals surface area (Å²) >= 11 is 0. The van der Waals surface area contributed by atoms with Crippen LogP contribution in [-0.4, -0.2) is 68.9 Å². The Morgan fingerprint density at radius 2 is 0.466 bits per heavy atom. The van der Waals surface area contributed by atoms with Gasteiger partial charge in [-0.2, -0.15) is 0 Å². The number of unbranched alkanes of at least 4 members (excludes halogenated alkanes) is 24. The molecule has 3 N–H and O–H groups in total. The van der Waals surface area contributed by atoms with Gasteiger partial charge < -0.3 is 45.0 Å². The number of carbonyl (C=O) groups is 3. The van der Waals surface area contributed by atoms with Gasteiger partial charge in [0.2, 0.25) is 0 Å². The molecule has 0 saturated carbocycles. The van der Waals surface area contributed by atoms with E-state index in [1.54, 1.807) is 0 Å². The van der Waals surface area contributed by atoms with Crippen LogP contribution in [0.2, 0.25) is 0 Å². The van der Waals surface area contributed by atoms with Crippen LogP contribution in [0.4, 0.5) is 0 Å². The van der Waals surface area contributed by atoms with Crippen LogP contribution in [-0.2, 0) is 14.4 Å². The predicted octanol–water partition coefficient (Wildman–Crippen LogP) is 9.18. The number of carboxylic acid groups (broad SMARTS) is 3. The van der Waals surface area contributed by atoms with Crippen LogP contribution in [0.3, 0.4) is 0 Å². The van der Waals surface area contributed by atoms with E-state index in [4.69, 9.17) is 0 Å². The molecule has 0 radical (unpaired) electrons. The van der Waals surface area contributed by atoms with Crippen molar-refractivity contribution in [3.63, 3.8) is 0 Å². The van der Waals surface area contributed by atoms with Gasteiger partial charge in [0.1, 0.15) is 0 Å². The minimum atomic E-state index is -0.939. The number of rotatable bonds is 42. The molecule has 0 aliphatic carbocycles. The molecule has 342 valence electrons. The van der Waals surface area contributed by atoms with E-state index in [-0.39, 0.29) is 54.9 Å². The first-order valence-electron chi connectivity index (χ1n) is 24.1. The molecule has 0 fully saturated rings. The van der Waals surface area contributed by atoms with Crippen LogP contribution < -0.4 is 15.3 Å². The molecule has 0 spiro atoms. The number of hydrogen-bond donors (Lipinski definition) is 3. The summed E-state index contributed by atoms with van der Waals surface area (Å²) in [5.41, 5.74) is 0. The number of aliphatic hydroxyl groups excluding tert-OH is 3. The molecule has 0 heterocycles. The predicted molar refractivity (Wildman–Crippen MR) is 236 cm³/mol. The third kappa shape index (κ3) is 64.0. The zero-order valence-corrected chi connectivity index (χ0v) is 39.3. The van der Waals surface area contributed by atoms with Crippen LogP contribution in [0.5, 0.6) is 0 Å². The monoisotopic (exact) mass is 841 g/mol. The molecule has 58 heavy (non-hydrogen) atoms. The molecule has 0 aromatic rings. The Morgan fingerprint density at radius 1 is 0.310 bits per heavy atom. The minimum absolute atomic E-state index is 0. The number of hydrogen-bond acceptors (Lipinski definition) is 9. The maximum atomic E-state index is 10.2. The van der Waals surface area contributed by atoms with E-state index >= 15 is 0 Å². The number of carboxylic acids is 3. The molecule has 3 atom stereocenters. The van der Waals surface area contributed by atoms with E-state index in [1.165, 1.54) is 57.8 Å². The van der Waals surface area contributed by atoms with Crippen molar-refractivity contribution in [2.24, 2.45) is 0 Å². The summed E-state index contributed by atoms with van der Waals surface area (Å²) in [5, 5.41) is 59.9. The van der Waals surface area contributed by atoms with E-state index < -0.39 is 17.9 Å². The summed E-state index contributed by atoms with van der Waals surface area (Å²) in [4.78, 5) is 30.6. The van der Waals surface area contributed by atoms with Crippen molar-refractivity contribution in [2.45, 2.75) is 289 Å². The van der Waals surface area contributed by atoms with E-state index in [1.807, 2.05) is 0 Å². The second kappa shape index (κ2) is 53.8. The van der Waals surface area contributed by atoms with Gasteiger partial charge in [-0.1, -0.05) is 194 Å². The minimum Gasteiger partial charge on any atom is -0.550 e. The van der Waals surface area contributed by atoms with Gasteiger partial charge in [-0.25, -0.2) is 0 Å². The van der Waals surface area contributed by atoms with Gasteiger partial charge in [0.15, 0.2) is 0 Å². The molecular formula is C48H93AlO9. The topological polar surface area (TPSA) is 181 Å². The molecule has 0 aromatic heterocycles. The largest absolute Gasteiger partial charge is 3.00 e. The fourth-order valence-corrected chi connectivity index (χ4v) is 6.92. The zero-order chi connectivity index (χ0) is 43.0. The Balaban J connectivity index is -0.000000374. The summed E-state index contributed by atoms with van der Waals surface area (Å²) in [7, 11) is 0. The summed E-state index contributed by atoms with van der Waals surface area (Å²) in [5.74, 6) is -2.82. The normalized spacial score (nSPS) is 12.3. The van der Waals surface area contributed by atoms with Crippen molar-refractivity contribution in [3.8, 4) is 0 Å². The van der Waals surface area contributed by atoms with Crippen LogP contribution in [0.25, 0.3) is 0 Å². The maximum Gasteiger partial charge on any atom is 3.00 e. The molecule has 0 amide bonds. The standard InChI is InChI=1S/3C16H32O3.Al/c3*1-2-3-4-9-12-15(17)13-10-7-5-6-8-11-14-16(18)19;/h3*15,17H,2-14H2,1H3,(H,18,19);/q;;;+3/p-3. The maximum absolute atomic E-state index is 10.2. The molecule has 0 aromatic carbocycles. The average molecular weight is 841 g/mol. The molecule has 0 bridgehead atoms. The van der Waals surface area contributed by atoms with Crippen molar-refractivity contribution in [2.75, 3.05) is 0 Å². The number of aliphatic hydroxyl groups is 3. The first-order chi connectivity index (χ1) is 27.5. The van der Waals surface area contributed by atoms with E-state index in [0.29, 0.717) is 0 Å². The van der Waals surface area contributed by atoms with E-state index in [2.05, 4.69) is 20.8 Å². The van der Waals surface area contributed by atoms with Gasteiger partial charge in [-0.05, 0) is 77.0 Å². The summed E-state index contributed by atoms with van der Waals surface area (Å²) < 4.78 is 0. The van der Waals surface area contributed by atoms with Gasteiger partial charge in [0, 0.05) is 17.9 Å². The Hall–Kier alpha value is -1.18. The zero-order valence-electron chi connectivity index (χ0n) is 38.2. The van der Waals surface area contributed by atoms with Gasteiger partial charge in [-0.15, -0.1) is 0 Å². The van der Waals surface area contributed by atoms with Gasteiger partial charge in [0.25, 0.3) is 0 Å². The van der Waals surface area contributed by atoms with Crippen molar-refractivity contribution in [3.05, 3.63) is 0 Å². The van der Waals surface area contributed by atoms with Crippen molar-refractivity contribution < 1.29 is 45.0 Å². The summed E-state index contributed by atoms with van der Waals surface area (Å²) in [6, 6.07) is 0. The van der Waals surface area contributed by atoms with Crippen molar-refractivity contribution in [1.82, 2.24) is 0 Å². The Labute approximate surface area is 368 Å². The Kier molecular flexibility index (Phi) is 58.9. The second-order valence-corrected chi connectivity index (χ2v) is 16.6. The molecule has 0 rings (SSSR count).